The van der Waals surface area contributed by atoms with Gasteiger partial charge in [0.05, 0.1) is 11.7 Å². The highest BCUT2D eigenvalue weighted by atomic mass is 35.5. The highest BCUT2D eigenvalue weighted by molar-refractivity contribution is 6.30. The number of rotatable bonds is 1. The minimum absolute atomic E-state index is 0.153. The van der Waals surface area contributed by atoms with E-state index < -0.39 is 0 Å². The lowest BCUT2D eigenvalue weighted by atomic mass is 10.1. The van der Waals surface area contributed by atoms with Crippen molar-refractivity contribution in [2.24, 2.45) is 7.05 Å². The fourth-order valence-corrected chi connectivity index (χ4v) is 2.09. The summed E-state index contributed by atoms with van der Waals surface area (Å²) in [5, 5.41) is 0.709. The Morgan fingerprint density at radius 3 is 2.95 bits per heavy atom. The van der Waals surface area contributed by atoms with E-state index in [2.05, 4.69) is 15.0 Å². The lowest BCUT2D eigenvalue weighted by Crippen LogP contribution is -2.17. The van der Waals surface area contributed by atoms with E-state index in [1.54, 1.807) is 25.5 Å². The zero-order valence-corrected chi connectivity index (χ0v) is 10.8. The van der Waals surface area contributed by atoms with Crippen molar-refractivity contribution < 1.29 is 0 Å². The van der Waals surface area contributed by atoms with Gasteiger partial charge in [0.2, 0.25) is 0 Å². The maximum atomic E-state index is 12.1. The first kappa shape index (κ1) is 11.8. The average molecular weight is 273 g/mol. The summed E-state index contributed by atoms with van der Waals surface area (Å²) in [6.45, 7) is 0. The van der Waals surface area contributed by atoms with E-state index in [0.717, 1.165) is 5.56 Å². The van der Waals surface area contributed by atoms with E-state index in [0.29, 0.717) is 16.6 Å². The molecule has 0 atom stereocenters. The van der Waals surface area contributed by atoms with Crippen LogP contribution in [0.4, 0.5) is 0 Å². The molecule has 6 heteroatoms. The van der Waals surface area contributed by atoms with Gasteiger partial charge in [-0.2, -0.15) is 0 Å². The largest absolute Gasteiger partial charge is 0.302 e. The van der Waals surface area contributed by atoms with Crippen LogP contribution in [-0.2, 0) is 7.05 Å². The second-order valence-electron chi connectivity index (χ2n) is 4.09. The number of aromatic nitrogens is 4. The molecule has 94 valence electrons. The van der Waals surface area contributed by atoms with E-state index in [1.165, 1.54) is 17.0 Å². The topological polar surface area (TPSA) is 60.7 Å². The van der Waals surface area contributed by atoms with Crippen LogP contribution in [0.3, 0.4) is 0 Å². The molecule has 0 fully saturated rings. The molecule has 0 aromatic carbocycles. The molecule has 0 radical (unpaired) electrons. The number of aryl methyl sites for hydroxylation is 1. The van der Waals surface area contributed by atoms with Crippen molar-refractivity contribution in [1.29, 1.82) is 0 Å². The molecule has 0 aliphatic rings. The number of hydrogen-bond donors (Lipinski definition) is 0. The third-order valence-electron chi connectivity index (χ3n) is 2.81. The van der Waals surface area contributed by atoms with Crippen LogP contribution in [0.25, 0.3) is 22.2 Å². The molecule has 0 unspecified atom stereocenters. The van der Waals surface area contributed by atoms with Crippen molar-refractivity contribution in [3.63, 3.8) is 0 Å². The van der Waals surface area contributed by atoms with Crippen LogP contribution in [0.2, 0.25) is 5.15 Å². The normalized spacial score (nSPS) is 10.8. The zero-order valence-electron chi connectivity index (χ0n) is 10.0. The van der Waals surface area contributed by atoms with Crippen molar-refractivity contribution in [2.75, 3.05) is 0 Å². The molecule has 0 spiro atoms. The number of nitrogens with zero attached hydrogens (tertiary/aromatic N) is 4. The highest BCUT2D eigenvalue weighted by Gasteiger charge is 2.12. The molecule has 3 aromatic rings. The Hall–Kier alpha value is -2.27. The minimum atomic E-state index is -0.153. The molecule has 0 bridgehead atoms. The summed E-state index contributed by atoms with van der Waals surface area (Å²) in [6.07, 6.45) is 4.81. The van der Waals surface area contributed by atoms with Gasteiger partial charge in [0.25, 0.3) is 5.56 Å². The predicted octanol–water partition coefficient (Wildman–Crippen LogP) is 2.04. The zero-order chi connectivity index (χ0) is 13.4. The first-order chi connectivity index (χ1) is 9.16. The molecule has 3 heterocycles. The molecule has 5 nitrogen and oxygen atoms in total. The summed E-state index contributed by atoms with van der Waals surface area (Å²) in [4.78, 5) is 24.7. The Morgan fingerprint density at radius 2 is 2.21 bits per heavy atom. The standard InChI is InChI=1S/C13H9ClN4O/c1-18-7-16-12-9(13(18)19)5-10(14)17-11(12)8-3-2-4-15-6-8/h2-7H,1H3. The van der Waals surface area contributed by atoms with Gasteiger partial charge in [-0.1, -0.05) is 11.6 Å². The van der Waals surface area contributed by atoms with E-state index >= 15 is 0 Å². The van der Waals surface area contributed by atoms with E-state index in [9.17, 15) is 4.79 Å². The second-order valence-corrected chi connectivity index (χ2v) is 4.48. The molecule has 3 aromatic heterocycles. The van der Waals surface area contributed by atoms with Gasteiger partial charge in [-0.3, -0.25) is 9.78 Å². The second kappa shape index (κ2) is 4.44. The first-order valence-corrected chi connectivity index (χ1v) is 5.97. The Labute approximate surface area is 113 Å². The number of hydrogen-bond acceptors (Lipinski definition) is 4. The summed E-state index contributed by atoms with van der Waals surface area (Å²) in [6, 6.07) is 5.18. The number of fused-ring (bicyclic) bond motifs is 1. The third kappa shape index (κ3) is 1.98. The van der Waals surface area contributed by atoms with Gasteiger partial charge in [0.15, 0.2) is 0 Å². The van der Waals surface area contributed by atoms with E-state index in [-0.39, 0.29) is 10.7 Å². The highest BCUT2D eigenvalue weighted by Crippen LogP contribution is 2.25. The Balaban J connectivity index is 2.44. The minimum Gasteiger partial charge on any atom is -0.302 e. The Bertz CT molecular complexity index is 814. The maximum absolute atomic E-state index is 12.1. The van der Waals surface area contributed by atoms with Gasteiger partial charge in [-0.15, -0.1) is 0 Å². The van der Waals surface area contributed by atoms with Gasteiger partial charge in [-0.05, 0) is 18.2 Å². The maximum Gasteiger partial charge on any atom is 0.261 e. The lowest BCUT2D eigenvalue weighted by molar-refractivity contribution is 0.842. The Kier molecular flexibility index (Phi) is 2.76. The van der Waals surface area contributed by atoms with Crippen LogP contribution in [0.5, 0.6) is 0 Å². The molecular formula is C13H9ClN4O. The molecular weight excluding hydrogens is 264 g/mol. The molecule has 0 amide bonds. The number of halogens is 1. The summed E-state index contributed by atoms with van der Waals surface area (Å²) < 4.78 is 1.41. The van der Waals surface area contributed by atoms with Crippen molar-refractivity contribution in [3.05, 3.63) is 52.4 Å². The first-order valence-electron chi connectivity index (χ1n) is 5.59. The monoisotopic (exact) mass is 272 g/mol. The van der Waals surface area contributed by atoms with Crippen LogP contribution >= 0.6 is 11.6 Å². The lowest BCUT2D eigenvalue weighted by Gasteiger charge is -2.06. The molecule has 0 N–H and O–H groups in total. The predicted molar refractivity (Wildman–Crippen MR) is 73.0 cm³/mol. The van der Waals surface area contributed by atoms with Crippen molar-refractivity contribution in [1.82, 2.24) is 19.5 Å². The van der Waals surface area contributed by atoms with Gasteiger partial charge in [0, 0.05) is 25.0 Å². The fourth-order valence-electron chi connectivity index (χ4n) is 1.89. The van der Waals surface area contributed by atoms with Gasteiger partial charge < -0.3 is 4.57 Å². The van der Waals surface area contributed by atoms with Gasteiger partial charge >= 0.3 is 0 Å². The summed E-state index contributed by atoms with van der Waals surface area (Å²) in [5.74, 6) is 0. The van der Waals surface area contributed by atoms with E-state index in [1.807, 2.05) is 6.07 Å². The number of pyridine rings is 2. The van der Waals surface area contributed by atoms with Gasteiger partial charge in [0.1, 0.15) is 16.4 Å². The molecule has 0 aliphatic carbocycles. The molecule has 3 rings (SSSR count). The van der Waals surface area contributed by atoms with Crippen LogP contribution in [0.15, 0.2) is 41.7 Å². The van der Waals surface area contributed by atoms with Crippen LogP contribution < -0.4 is 5.56 Å². The summed E-state index contributed by atoms with van der Waals surface area (Å²) in [5.41, 5.74) is 1.71. The average Bonchev–Trinajstić information content (AvgIpc) is 2.44. The van der Waals surface area contributed by atoms with Crippen molar-refractivity contribution >= 4 is 22.5 Å². The van der Waals surface area contributed by atoms with Crippen LogP contribution in [0, 0.1) is 0 Å². The van der Waals surface area contributed by atoms with E-state index in [4.69, 9.17) is 11.6 Å². The Morgan fingerprint density at radius 1 is 1.37 bits per heavy atom. The van der Waals surface area contributed by atoms with Crippen molar-refractivity contribution in [2.45, 2.75) is 0 Å². The van der Waals surface area contributed by atoms with Gasteiger partial charge in [-0.25, -0.2) is 9.97 Å². The smallest absolute Gasteiger partial charge is 0.261 e. The molecule has 0 saturated heterocycles. The van der Waals surface area contributed by atoms with Crippen LogP contribution in [-0.4, -0.2) is 19.5 Å². The summed E-state index contributed by atoms with van der Waals surface area (Å²) in [7, 11) is 1.65. The molecule has 0 saturated carbocycles. The summed E-state index contributed by atoms with van der Waals surface area (Å²) >= 11 is 5.99. The van der Waals surface area contributed by atoms with Crippen LogP contribution in [0.1, 0.15) is 0 Å². The molecule has 19 heavy (non-hydrogen) atoms. The third-order valence-corrected chi connectivity index (χ3v) is 3.00. The SMILES string of the molecule is Cn1cnc2c(-c3cccnc3)nc(Cl)cc2c1=O. The quantitative estimate of drug-likeness (QED) is 0.636. The fraction of sp³-hybridized carbons (Fsp3) is 0.0769. The molecule has 0 aliphatic heterocycles. The van der Waals surface area contributed by atoms with Crippen molar-refractivity contribution in [3.8, 4) is 11.3 Å².